The number of rotatable bonds is 2. The Balaban J connectivity index is 2.10. The van der Waals surface area contributed by atoms with Gasteiger partial charge in [-0.25, -0.2) is 0 Å². The number of nitrogens with zero attached hydrogens (tertiary/aromatic N) is 1. The highest BCUT2D eigenvalue weighted by Crippen LogP contribution is 2.45. The molecule has 3 rings (SSSR count). The fraction of sp³-hybridized carbons (Fsp3) is 0.588. The van der Waals surface area contributed by atoms with Crippen LogP contribution < -0.4 is 0 Å². The molecule has 2 atom stereocenters. The van der Waals surface area contributed by atoms with E-state index < -0.39 is 0 Å². The molecule has 2 unspecified atom stereocenters. The van der Waals surface area contributed by atoms with Crippen LogP contribution in [0.15, 0.2) is 34.3 Å². The van der Waals surface area contributed by atoms with E-state index in [1.54, 1.807) is 0 Å². The highest BCUT2D eigenvalue weighted by atomic mass is 16.5. The van der Waals surface area contributed by atoms with Gasteiger partial charge in [-0.1, -0.05) is 13.3 Å². The van der Waals surface area contributed by atoms with Gasteiger partial charge in [0.1, 0.15) is 11.5 Å². The van der Waals surface area contributed by atoms with Crippen LogP contribution in [0.3, 0.4) is 0 Å². The summed E-state index contributed by atoms with van der Waals surface area (Å²) in [5.41, 5.74) is 2.90. The molecule has 114 valence electrons. The van der Waals surface area contributed by atoms with E-state index in [0.717, 1.165) is 42.4 Å². The topological polar surface area (TPSA) is 49.8 Å². The zero-order valence-corrected chi connectivity index (χ0v) is 13.0. The maximum atomic E-state index is 12.2. The first kappa shape index (κ1) is 14.4. The van der Waals surface area contributed by atoms with Crippen LogP contribution in [0.25, 0.3) is 0 Å². The third-order valence-electron chi connectivity index (χ3n) is 4.65. The van der Waals surface area contributed by atoms with E-state index >= 15 is 0 Å². The summed E-state index contributed by atoms with van der Waals surface area (Å²) in [6.07, 6.45) is 5.85. The minimum Gasteiger partial charge on any atom is -0.507 e. The second-order valence-electron chi connectivity index (χ2n) is 6.55. The standard InChI is InChI=1S/C17H23NO3/c1-10-8-14-15(16(19)13(10)9-18(2)3)11-6-4-5-7-12(11)17(20)21-14/h8,10,12,19H,4-7,9H2,1-3H3. The molecule has 1 aliphatic heterocycles. The lowest BCUT2D eigenvalue weighted by atomic mass is 9.76. The first-order valence-corrected chi connectivity index (χ1v) is 7.73. The molecule has 1 heterocycles. The number of allylic oxidation sites excluding steroid dienone is 1. The van der Waals surface area contributed by atoms with Crippen molar-refractivity contribution in [1.29, 1.82) is 0 Å². The average molecular weight is 289 g/mol. The number of carbonyl (C=O) groups is 1. The van der Waals surface area contributed by atoms with Gasteiger partial charge in [0.15, 0.2) is 0 Å². The van der Waals surface area contributed by atoms with Crippen molar-refractivity contribution < 1.29 is 14.6 Å². The van der Waals surface area contributed by atoms with Crippen molar-refractivity contribution in [3.63, 3.8) is 0 Å². The maximum absolute atomic E-state index is 12.2. The van der Waals surface area contributed by atoms with Gasteiger partial charge in [0.05, 0.1) is 11.5 Å². The van der Waals surface area contributed by atoms with E-state index in [-0.39, 0.29) is 17.8 Å². The fourth-order valence-electron chi connectivity index (χ4n) is 3.61. The third kappa shape index (κ3) is 2.42. The van der Waals surface area contributed by atoms with Crippen molar-refractivity contribution in [1.82, 2.24) is 4.90 Å². The number of aliphatic hydroxyl groups is 1. The summed E-state index contributed by atoms with van der Waals surface area (Å²) in [4.78, 5) is 14.2. The Morgan fingerprint density at radius 1 is 1.38 bits per heavy atom. The predicted molar refractivity (Wildman–Crippen MR) is 80.5 cm³/mol. The first-order chi connectivity index (χ1) is 9.99. The van der Waals surface area contributed by atoms with Crippen molar-refractivity contribution in [2.24, 2.45) is 11.8 Å². The molecule has 0 aromatic carbocycles. The fourth-order valence-corrected chi connectivity index (χ4v) is 3.61. The second kappa shape index (κ2) is 5.34. The van der Waals surface area contributed by atoms with Crippen LogP contribution in [0.2, 0.25) is 0 Å². The highest BCUT2D eigenvalue weighted by Gasteiger charge is 2.40. The molecule has 0 saturated heterocycles. The number of fused-ring (bicyclic) bond motifs is 2. The van der Waals surface area contributed by atoms with Crippen molar-refractivity contribution >= 4 is 5.97 Å². The Labute approximate surface area is 125 Å². The van der Waals surface area contributed by atoms with E-state index in [1.807, 2.05) is 27.1 Å². The number of hydrogen-bond acceptors (Lipinski definition) is 4. The molecule has 0 radical (unpaired) electrons. The average Bonchev–Trinajstić information content (AvgIpc) is 2.43. The lowest BCUT2D eigenvalue weighted by molar-refractivity contribution is -0.144. The zero-order chi connectivity index (χ0) is 15.1. The van der Waals surface area contributed by atoms with Gasteiger partial charge in [0.2, 0.25) is 0 Å². The smallest absolute Gasteiger partial charge is 0.318 e. The van der Waals surface area contributed by atoms with Crippen LogP contribution in [-0.4, -0.2) is 36.6 Å². The summed E-state index contributed by atoms with van der Waals surface area (Å²) in [7, 11) is 3.99. The monoisotopic (exact) mass is 289 g/mol. The third-order valence-corrected chi connectivity index (χ3v) is 4.65. The molecule has 0 spiro atoms. The molecule has 4 nitrogen and oxygen atoms in total. The van der Waals surface area contributed by atoms with Gasteiger partial charge in [-0.15, -0.1) is 0 Å². The number of esters is 1. The van der Waals surface area contributed by atoms with Crippen LogP contribution >= 0.6 is 0 Å². The SMILES string of the molecule is CC1C=C2OC(=O)C3CCCCC3=C2C(O)=C1CN(C)C. The van der Waals surface area contributed by atoms with Gasteiger partial charge in [0, 0.05) is 12.5 Å². The maximum Gasteiger partial charge on any atom is 0.318 e. The molecule has 2 aliphatic carbocycles. The molecule has 21 heavy (non-hydrogen) atoms. The van der Waals surface area contributed by atoms with E-state index in [0.29, 0.717) is 18.1 Å². The lowest BCUT2D eigenvalue weighted by Gasteiger charge is -2.35. The number of aliphatic hydroxyl groups excluding tert-OH is 1. The van der Waals surface area contributed by atoms with Gasteiger partial charge in [-0.3, -0.25) is 4.79 Å². The van der Waals surface area contributed by atoms with Crippen LogP contribution in [0.1, 0.15) is 32.6 Å². The van der Waals surface area contributed by atoms with Gasteiger partial charge in [0.25, 0.3) is 0 Å². The van der Waals surface area contributed by atoms with E-state index in [1.165, 1.54) is 0 Å². The Bertz CT molecular complexity index is 569. The summed E-state index contributed by atoms with van der Waals surface area (Å²) in [6, 6.07) is 0. The van der Waals surface area contributed by atoms with Crippen molar-refractivity contribution in [2.75, 3.05) is 20.6 Å². The van der Waals surface area contributed by atoms with Gasteiger partial charge < -0.3 is 14.7 Å². The van der Waals surface area contributed by atoms with Crippen molar-refractivity contribution in [3.05, 3.63) is 34.3 Å². The number of carbonyl (C=O) groups excluding carboxylic acids is 1. The van der Waals surface area contributed by atoms with Crippen LogP contribution in [0.5, 0.6) is 0 Å². The quantitative estimate of drug-likeness (QED) is 0.794. The molecule has 0 aromatic rings. The molecule has 0 amide bonds. The summed E-state index contributed by atoms with van der Waals surface area (Å²) >= 11 is 0. The predicted octanol–water partition coefficient (Wildman–Crippen LogP) is 2.94. The van der Waals surface area contributed by atoms with Crippen molar-refractivity contribution in [3.8, 4) is 0 Å². The Morgan fingerprint density at radius 2 is 2.14 bits per heavy atom. The number of ether oxygens (including phenoxy) is 1. The normalized spacial score (nSPS) is 29.1. The summed E-state index contributed by atoms with van der Waals surface area (Å²) in [5.74, 6) is 0.696. The summed E-state index contributed by atoms with van der Waals surface area (Å²) in [6.45, 7) is 2.75. The molecular weight excluding hydrogens is 266 g/mol. The molecular formula is C17H23NO3. The number of hydrogen-bond donors (Lipinski definition) is 1. The lowest BCUT2D eigenvalue weighted by Crippen LogP contribution is -2.32. The van der Waals surface area contributed by atoms with Crippen LogP contribution in [-0.2, 0) is 9.53 Å². The Hall–Kier alpha value is -1.55. The van der Waals surface area contributed by atoms with Crippen LogP contribution in [0, 0.1) is 11.8 Å². The van der Waals surface area contributed by atoms with Gasteiger partial charge in [-0.2, -0.15) is 0 Å². The molecule has 0 bridgehead atoms. The largest absolute Gasteiger partial charge is 0.507 e. The Kier molecular flexibility index (Phi) is 3.66. The highest BCUT2D eigenvalue weighted by molar-refractivity contribution is 5.82. The van der Waals surface area contributed by atoms with E-state index in [4.69, 9.17) is 4.74 Å². The molecule has 3 aliphatic rings. The molecule has 1 saturated carbocycles. The van der Waals surface area contributed by atoms with Crippen LogP contribution in [0.4, 0.5) is 0 Å². The van der Waals surface area contributed by atoms with Gasteiger partial charge >= 0.3 is 5.97 Å². The van der Waals surface area contributed by atoms with E-state index in [9.17, 15) is 9.90 Å². The summed E-state index contributed by atoms with van der Waals surface area (Å²) in [5, 5.41) is 10.8. The zero-order valence-electron chi connectivity index (χ0n) is 13.0. The number of likely N-dealkylation sites (N-methyl/N-ethyl adjacent to an activating group) is 1. The van der Waals surface area contributed by atoms with E-state index in [2.05, 4.69) is 4.90 Å². The minimum absolute atomic E-state index is 0.0830. The summed E-state index contributed by atoms with van der Waals surface area (Å²) < 4.78 is 5.51. The molecule has 0 aromatic heterocycles. The minimum atomic E-state index is -0.151. The van der Waals surface area contributed by atoms with Crippen molar-refractivity contribution in [2.45, 2.75) is 32.6 Å². The Morgan fingerprint density at radius 3 is 2.86 bits per heavy atom. The first-order valence-electron chi connectivity index (χ1n) is 7.73. The molecule has 1 fully saturated rings. The molecule has 1 N–H and O–H groups in total. The molecule has 4 heteroatoms. The van der Waals surface area contributed by atoms with Gasteiger partial charge in [-0.05, 0) is 50.6 Å². The second-order valence-corrected chi connectivity index (χ2v) is 6.55.